The van der Waals surface area contributed by atoms with Gasteiger partial charge in [-0.15, -0.1) is 0 Å². The van der Waals surface area contributed by atoms with E-state index in [4.69, 9.17) is 30.6 Å². The average Bonchev–Trinajstić information content (AvgIpc) is 2.98. The lowest BCUT2D eigenvalue weighted by Gasteiger charge is -2.05. The van der Waals surface area contributed by atoms with Crippen molar-refractivity contribution >= 4 is 0 Å². The highest BCUT2D eigenvalue weighted by atomic mass is 16.3. The van der Waals surface area contributed by atoms with E-state index in [1.54, 1.807) is 41.5 Å². The van der Waals surface area contributed by atoms with E-state index in [0.29, 0.717) is 0 Å². The standard InChI is InChI=1S/C26H52.6C2H6O/c1-2-4-6-8-10-12-14-16-18-20-22-24-26-25-23-21-19-17-15-13-11-9-7-5-3-1;6*1-2-3/h1-26H2;6*3H,2H2,1H3. The Hall–Kier alpha value is -0.240. The zero-order valence-corrected chi connectivity index (χ0v) is 31.3. The zero-order valence-electron chi connectivity index (χ0n) is 31.3. The van der Waals surface area contributed by atoms with E-state index in [0.717, 1.165) is 0 Å². The normalized spacial score (nSPS) is 16.6. The third kappa shape index (κ3) is 105. The summed E-state index contributed by atoms with van der Waals surface area (Å²) < 4.78 is 0. The van der Waals surface area contributed by atoms with Gasteiger partial charge in [-0.2, -0.15) is 0 Å². The second kappa shape index (κ2) is 73.9. The van der Waals surface area contributed by atoms with Gasteiger partial charge in [-0.25, -0.2) is 0 Å². The third-order valence-electron chi connectivity index (χ3n) is 6.50. The van der Waals surface area contributed by atoms with Crippen molar-refractivity contribution in [3.8, 4) is 0 Å². The van der Waals surface area contributed by atoms with Crippen molar-refractivity contribution in [3.63, 3.8) is 0 Å². The lowest BCUT2D eigenvalue weighted by molar-refractivity contribution is 0.318. The van der Waals surface area contributed by atoms with Gasteiger partial charge in [0.15, 0.2) is 0 Å². The number of aliphatic hydroxyl groups is 6. The van der Waals surface area contributed by atoms with Crippen LogP contribution in [0.25, 0.3) is 0 Å². The fourth-order valence-electron chi connectivity index (χ4n) is 4.60. The lowest BCUT2D eigenvalue weighted by Crippen LogP contribution is -1.85. The van der Waals surface area contributed by atoms with E-state index in [-0.39, 0.29) is 39.6 Å². The van der Waals surface area contributed by atoms with E-state index < -0.39 is 0 Å². The largest absolute Gasteiger partial charge is 0.397 e. The Labute approximate surface area is 278 Å². The molecule has 1 aliphatic carbocycles. The maximum absolute atomic E-state index is 7.57. The van der Waals surface area contributed by atoms with Crippen LogP contribution in [0.15, 0.2) is 0 Å². The Morgan fingerprint density at radius 1 is 0.182 bits per heavy atom. The van der Waals surface area contributed by atoms with Gasteiger partial charge >= 0.3 is 0 Å². The molecule has 0 aliphatic heterocycles. The fourth-order valence-corrected chi connectivity index (χ4v) is 4.60. The van der Waals surface area contributed by atoms with Crippen LogP contribution >= 0.6 is 0 Å². The van der Waals surface area contributed by atoms with E-state index in [2.05, 4.69) is 0 Å². The summed E-state index contributed by atoms with van der Waals surface area (Å²) in [6.07, 6.45) is 39.0. The van der Waals surface area contributed by atoms with Crippen molar-refractivity contribution in [1.82, 2.24) is 0 Å². The van der Waals surface area contributed by atoms with Gasteiger partial charge in [0, 0.05) is 39.6 Å². The highest BCUT2D eigenvalue weighted by Gasteiger charge is 1.97. The molecule has 0 unspecified atom stereocenters. The average molecular weight is 641 g/mol. The van der Waals surface area contributed by atoms with Crippen molar-refractivity contribution in [2.45, 2.75) is 208 Å². The van der Waals surface area contributed by atoms with Gasteiger partial charge < -0.3 is 30.6 Å². The van der Waals surface area contributed by atoms with Crippen LogP contribution in [0, 0.1) is 0 Å². The summed E-state index contributed by atoms with van der Waals surface area (Å²) in [5.74, 6) is 0. The van der Waals surface area contributed by atoms with Crippen molar-refractivity contribution in [2.24, 2.45) is 0 Å². The summed E-state index contributed by atoms with van der Waals surface area (Å²) in [6.45, 7) is 11.6. The highest BCUT2D eigenvalue weighted by molar-refractivity contribution is 4.53. The van der Waals surface area contributed by atoms with Gasteiger partial charge in [-0.05, 0) is 41.5 Å². The van der Waals surface area contributed by atoms with Crippen LogP contribution < -0.4 is 0 Å². The Kier molecular flexibility index (Phi) is 94.3. The minimum Gasteiger partial charge on any atom is -0.397 e. The van der Waals surface area contributed by atoms with Crippen LogP contribution in [-0.2, 0) is 0 Å². The molecule has 276 valence electrons. The number of hydrogen-bond acceptors (Lipinski definition) is 6. The van der Waals surface area contributed by atoms with Gasteiger partial charge in [-0.3, -0.25) is 0 Å². The van der Waals surface area contributed by atoms with Crippen LogP contribution in [0.1, 0.15) is 208 Å². The summed E-state index contributed by atoms with van der Waals surface area (Å²) in [7, 11) is 0. The first-order valence-corrected chi connectivity index (χ1v) is 19.1. The van der Waals surface area contributed by atoms with Crippen LogP contribution in [-0.4, -0.2) is 70.3 Å². The molecule has 6 heteroatoms. The Morgan fingerprint density at radius 3 is 0.227 bits per heavy atom. The maximum atomic E-state index is 7.57. The smallest absolute Gasteiger partial charge is 0.0402 e. The van der Waals surface area contributed by atoms with Gasteiger partial charge in [0.2, 0.25) is 0 Å². The first-order valence-electron chi connectivity index (χ1n) is 19.1. The Morgan fingerprint density at radius 2 is 0.205 bits per heavy atom. The molecule has 6 N–H and O–H groups in total. The van der Waals surface area contributed by atoms with Crippen molar-refractivity contribution in [3.05, 3.63) is 0 Å². The predicted molar refractivity (Wildman–Crippen MR) is 197 cm³/mol. The van der Waals surface area contributed by atoms with Gasteiger partial charge in [-0.1, -0.05) is 167 Å². The van der Waals surface area contributed by atoms with Crippen molar-refractivity contribution < 1.29 is 30.6 Å². The van der Waals surface area contributed by atoms with Gasteiger partial charge in [0.1, 0.15) is 0 Å². The number of rotatable bonds is 0. The molecule has 0 spiro atoms. The van der Waals surface area contributed by atoms with Crippen LogP contribution in [0.2, 0.25) is 0 Å². The quantitative estimate of drug-likeness (QED) is 0.157. The fraction of sp³-hybridized carbons (Fsp3) is 1.00. The molecule has 0 atom stereocenters. The van der Waals surface area contributed by atoms with E-state index in [1.807, 2.05) is 0 Å². The highest BCUT2D eigenvalue weighted by Crippen LogP contribution is 2.17. The molecule has 0 aromatic carbocycles. The molecule has 0 bridgehead atoms. The molecule has 1 fully saturated rings. The summed E-state index contributed by atoms with van der Waals surface area (Å²) >= 11 is 0. The summed E-state index contributed by atoms with van der Waals surface area (Å²) in [5.41, 5.74) is 0. The Balaban J connectivity index is -0.000000165. The molecule has 1 saturated carbocycles. The summed E-state index contributed by atoms with van der Waals surface area (Å²) in [4.78, 5) is 0. The topological polar surface area (TPSA) is 121 Å². The SMILES string of the molecule is C1CCCCCCCCCCCCCCCCCCCCCCCCC1.CCO.CCO.CCO.CCO.CCO.CCO. The molecule has 0 amide bonds. The molecule has 1 rings (SSSR count). The molecule has 0 aromatic rings. The molecular formula is C38H88O6. The molecule has 6 nitrogen and oxygen atoms in total. The monoisotopic (exact) mass is 641 g/mol. The molecule has 0 heterocycles. The molecule has 0 radical (unpaired) electrons. The predicted octanol–water partition coefficient (Wildman–Crippen LogP) is 10.1. The molecular weight excluding hydrogens is 552 g/mol. The minimum absolute atomic E-state index is 0.250. The number of aliphatic hydroxyl groups excluding tert-OH is 6. The lowest BCUT2D eigenvalue weighted by atomic mass is 10.0. The van der Waals surface area contributed by atoms with Gasteiger partial charge in [0.05, 0.1) is 0 Å². The van der Waals surface area contributed by atoms with Crippen LogP contribution in [0.3, 0.4) is 0 Å². The second-order valence-corrected chi connectivity index (χ2v) is 11.1. The number of hydrogen-bond donors (Lipinski definition) is 6. The van der Waals surface area contributed by atoms with Crippen LogP contribution in [0.5, 0.6) is 0 Å². The van der Waals surface area contributed by atoms with Crippen LogP contribution in [0.4, 0.5) is 0 Å². The summed E-state index contributed by atoms with van der Waals surface area (Å²) in [5, 5.41) is 45.4. The van der Waals surface area contributed by atoms with E-state index in [1.165, 1.54) is 167 Å². The first kappa shape index (κ1) is 56.1. The summed E-state index contributed by atoms with van der Waals surface area (Å²) in [6, 6.07) is 0. The Bertz CT molecular complexity index is 208. The second-order valence-electron chi connectivity index (χ2n) is 11.1. The van der Waals surface area contributed by atoms with Crippen molar-refractivity contribution in [2.75, 3.05) is 39.6 Å². The van der Waals surface area contributed by atoms with Crippen molar-refractivity contribution in [1.29, 1.82) is 0 Å². The molecule has 1 aliphatic rings. The molecule has 0 saturated heterocycles. The third-order valence-corrected chi connectivity index (χ3v) is 6.50. The van der Waals surface area contributed by atoms with Gasteiger partial charge in [0.25, 0.3) is 0 Å². The molecule has 44 heavy (non-hydrogen) atoms. The first-order chi connectivity index (χ1) is 21.5. The minimum atomic E-state index is 0.250. The van der Waals surface area contributed by atoms with E-state index in [9.17, 15) is 0 Å². The maximum Gasteiger partial charge on any atom is 0.0402 e. The molecule has 0 aromatic heterocycles. The van der Waals surface area contributed by atoms with E-state index >= 15 is 0 Å². The zero-order chi connectivity index (χ0) is 34.6.